The lowest BCUT2D eigenvalue weighted by molar-refractivity contribution is -0.286. The quantitative estimate of drug-likeness (QED) is 0.292. The number of rotatable bonds is 6. The highest BCUT2D eigenvalue weighted by molar-refractivity contribution is 6.30. The van der Waals surface area contributed by atoms with Crippen LogP contribution in [0.4, 0.5) is 8.78 Å². The molecule has 2 N–H and O–H groups in total. The summed E-state index contributed by atoms with van der Waals surface area (Å²) in [6, 6.07) is 14.3. The molecule has 0 radical (unpaired) electrons. The van der Waals surface area contributed by atoms with Crippen molar-refractivity contribution >= 4 is 11.6 Å². The van der Waals surface area contributed by atoms with Gasteiger partial charge in [0.1, 0.15) is 18.7 Å². The summed E-state index contributed by atoms with van der Waals surface area (Å²) >= 11 is 5.90. The van der Waals surface area contributed by atoms with Gasteiger partial charge in [-0.05, 0) is 42.0 Å². The second-order valence-corrected chi connectivity index (χ2v) is 10.6. The number of H-pyrrole nitrogens is 1. The van der Waals surface area contributed by atoms with Gasteiger partial charge in [0.05, 0.1) is 17.7 Å². The molecular weight excluding hydrogens is 528 g/mol. The highest BCUT2D eigenvalue weighted by Gasteiger charge is 2.45. The zero-order chi connectivity index (χ0) is 28.3. The van der Waals surface area contributed by atoms with E-state index in [1.165, 1.54) is 24.2 Å². The third-order valence-electron chi connectivity index (χ3n) is 6.61. The van der Waals surface area contributed by atoms with Crippen LogP contribution in [0.1, 0.15) is 38.3 Å². The number of benzene rings is 2. The number of aromatic nitrogens is 4. The van der Waals surface area contributed by atoms with Crippen molar-refractivity contribution in [1.82, 2.24) is 19.7 Å². The maximum absolute atomic E-state index is 13.0. The van der Waals surface area contributed by atoms with E-state index in [1.54, 1.807) is 29.3 Å². The fourth-order valence-electron chi connectivity index (χ4n) is 4.14. The summed E-state index contributed by atoms with van der Waals surface area (Å²) in [5.74, 6) is -0.0961. The molecule has 0 fully saturated rings. The first-order valence-electron chi connectivity index (χ1n) is 12.2. The molecule has 0 saturated carbocycles. The van der Waals surface area contributed by atoms with E-state index in [2.05, 4.69) is 24.5 Å². The van der Waals surface area contributed by atoms with E-state index in [0.717, 1.165) is 11.4 Å². The molecule has 2 aromatic heterocycles. The highest BCUT2D eigenvalue weighted by Crippen LogP contribution is 2.47. The fraction of sp³-hybridized carbons (Fsp3) is 0.321. The van der Waals surface area contributed by atoms with E-state index in [4.69, 9.17) is 16.9 Å². The molecule has 1 unspecified atom stereocenters. The van der Waals surface area contributed by atoms with E-state index < -0.39 is 11.9 Å². The fourth-order valence-corrected chi connectivity index (χ4v) is 4.26. The number of nitrogens with one attached hydrogen (secondary N) is 1. The molecule has 3 heterocycles. The molecule has 1 aliphatic heterocycles. The van der Waals surface area contributed by atoms with Crippen LogP contribution in [0.15, 0.2) is 67.5 Å². The molecule has 0 bridgehead atoms. The lowest BCUT2D eigenvalue weighted by Crippen LogP contribution is -2.47. The van der Waals surface area contributed by atoms with E-state index in [1.807, 2.05) is 51.1 Å². The van der Waals surface area contributed by atoms with Gasteiger partial charge >= 0.3 is 6.29 Å². The summed E-state index contributed by atoms with van der Waals surface area (Å²) < 4.78 is 36.6. The molecule has 2 aromatic carbocycles. The Kier molecular flexibility index (Phi) is 7.95. The molecule has 11 heteroatoms. The van der Waals surface area contributed by atoms with Gasteiger partial charge < -0.3 is 19.6 Å². The van der Waals surface area contributed by atoms with Crippen molar-refractivity contribution in [2.45, 2.75) is 52.1 Å². The second-order valence-electron chi connectivity index (χ2n) is 10.2. The van der Waals surface area contributed by atoms with Crippen molar-refractivity contribution in [3.8, 4) is 28.7 Å². The SMILES string of the molecule is CC(C)(C)C(O)(CCc1ccc(Cl)cc1)Cn1cncn1.N#Cc1c[nH]cc1-c1cccc2c1OC(F)(F)O2. The molecule has 1 aliphatic rings. The molecule has 8 nitrogen and oxygen atoms in total. The Morgan fingerprint density at radius 3 is 2.49 bits per heavy atom. The Hall–Kier alpha value is -3.94. The third-order valence-corrected chi connectivity index (χ3v) is 6.86. The largest absolute Gasteiger partial charge is 0.586 e. The number of nitrogens with zero attached hydrogens (tertiary/aromatic N) is 4. The highest BCUT2D eigenvalue weighted by atomic mass is 35.5. The number of nitriles is 1. The number of alkyl halides is 2. The maximum atomic E-state index is 13.0. The summed E-state index contributed by atoms with van der Waals surface area (Å²) in [5, 5.41) is 24.9. The number of fused-ring (bicyclic) bond motifs is 1. The normalized spacial score (nSPS) is 15.1. The Bertz CT molecular complexity index is 1440. The van der Waals surface area contributed by atoms with Gasteiger partial charge in [0.15, 0.2) is 11.5 Å². The van der Waals surface area contributed by atoms with Crippen LogP contribution in [0.5, 0.6) is 11.5 Å². The maximum Gasteiger partial charge on any atom is 0.586 e. The van der Waals surface area contributed by atoms with Gasteiger partial charge in [-0.2, -0.15) is 10.4 Å². The average molecular weight is 556 g/mol. The number of aryl methyl sites for hydroxylation is 1. The number of aliphatic hydroxyl groups is 1. The number of halogens is 3. The molecule has 0 aliphatic carbocycles. The van der Waals surface area contributed by atoms with E-state index in [0.29, 0.717) is 29.7 Å². The zero-order valence-corrected chi connectivity index (χ0v) is 22.4. The van der Waals surface area contributed by atoms with Crippen molar-refractivity contribution in [1.29, 1.82) is 5.26 Å². The molecule has 0 spiro atoms. The summed E-state index contributed by atoms with van der Waals surface area (Å²) in [4.78, 5) is 6.70. The van der Waals surface area contributed by atoms with E-state index in [9.17, 15) is 13.9 Å². The molecule has 1 atom stereocenters. The average Bonchev–Trinajstić information content (AvgIpc) is 3.62. The third kappa shape index (κ3) is 6.56. The number of ether oxygens (including phenoxy) is 2. The first kappa shape index (κ1) is 28.1. The van der Waals surface area contributed by atoms with Crippen LogP contribution in [0.25, 0.3) is 11.1 Å². The van der Waals surface area contributed by atoms with Gasteiger partial charge in [-0.25, -0.2) is 4.98 Å². The van der Waals surface area contributed by atoms with Gasteiger partial charge in [-0.1, -0.05) is 56.6 Å². The second kappa shape index (κ2) is 11.0. The number of hydrogen-bond donors (Lipinski definition) is 2. The molecule has 0 amide bonds. The van der Waals surface area contributed by atoms with Crippen LogP contribution < -0.4 is 9.47 Å². The van der Waals surface area contributed by atoms with Crippen LogP contribution in [-0.2, 0) is 13.0 Å². The topological polar surface area (TPSA) is 109 Å². The Morgan fingerprint density at radius 2 is 1.85 bits per heavy atom. The van der Waals surface area contributed by atoms with Gasteiger partial charge in [0.2, 0.25) is 0 Å². The van der Waals surface area contributed by atoms with Gasteiger partial charge in [-0.3, -0.25) is 4.68 Å². The Labute approximate surface area is 229 Å². The molecule has 39 heavy (non-hydrogen) atoms. The van der Waals surface area contributed by atoms with Crippen LogP contribution in [0, 0.1) is 16.7 Å². The molecular formula is C28H28ClF2N5O3. The minimum Gasteiger partial charge on any atom is -0.395 e. The van der Waals surface area contributed by atoms with Gasteiger partial charge in [0, 0.05) is 28.5 Å². The van der Waals surface area contributed by atoms with E-state index in [-0.39, 0.29) is 16.9 Å². The van der Waals surface area contributed by atoms with Crippen molar-refractivity contribution in [2.75, 3.05) is 0 Å². The lowest BCUT2D eigenvalue weighted by Gasteiger charge is -2.40. The van der Waals surface area contributed by atoms with Crippen molar-refractivity contribution < 1.29 is 23.4 Å². The van der Waals surface area contributed by atoms with Crippen molar-refractivity contribution in [3.05, 3.63) is 83.7 Å². The Balaban J connectivity index is 0.000000183. The van der Waals surface area contributed by atoms with Crippen molar-refractivity contribution in [2.24, 2.45) is 5.41 Å². The number of aromatic amines is 1. The molecule has 4 aromatic rings. The summed E-state index contributed by atoms with van der Waals surface area (Å²) in [7, 11) is 0. The number of hydrogen-bond acceptors (Lipinski definition) is 6. The number of para-hydroxylation sites is 1. The predicted molar refractivity (Wildman–Crippen MR) is 141 cm³/mol. The molecule has 204 valence electrons. The van der Waals surface area contributed by atoms with Crippen LogP contribution in [-0.4, -0.2) is 36.8 Å². The predicted octanol–water partition coefficient (Wildman–Crippen LogP) is 6.22. The standard InChI is InChI=1S/C16H22ClN3O.C12H6F2N2O2/c1-15(2,3)16(21,10-20-12-18-11-19-20)9-8-13-4-6-14(17)7-5-13;13-12(14)17-10-3-1-2-8(11(10)18-12)9-6-16-5-7(9)4-15/h4-7,11-12,21H,8-10H2,1-3H3;1-3,5-6,16H. The van der Waals surface area contributed by atoms with Crippen LogP contribution in [0.3, 0.4) is 0 Å². The monoisotopic (exact) mass is 555 g/mol. The Morgan fingerprint density at radius 1 is 1.10 bits per heavy atom. The van der Waals surface area contributed by atoms with Crippen LogP contribution in [0.2, 0.25) is 5.02 Å². The van der Waals surface area contributed by atoms with E-state index >= 15 is 0 Å². The summed E-state index contributed by atoms with van der Waals surface area (Å²) in [5.41, 5.74) is 1.28. The minimum atomic E-state index is -3.67. The van der Waals surface area contributed by atoms with Crippen molar-refractivity contribution in [3.63, 3.8) is 0 Å². The van der Waals surface area contributed by atoms with Gasteiger partial charge in [-0.15, -0.1) is 8.78 Å². The summed E-state index contributed by atoms with van der Waals surface area (Å²) in [6.45, 7) is 6.58. The summed E-state index contributed by atoms with van der Waals surface area (Å²) in [6.07, 6.45) is 3.94. The lowest BCUT2D eigenvalue weighted by atomic mass is 9.73. The molecule has 5 rings (SSSR count). The first-order valence-corrected chi connectivity index (χ1v) is 12.5. The smallest absolute Gasteiger partial charge is 0.395 e. The first-order chi connectivity index (χ1) is 18.4. The minimum absolute atomic E-state index is 0.0393. The van der Waals surface area contributed by atoms with Gasteiger partial charge in [0.25, 0.3) is 0 Å². The van der Waals surface area contributed by atoms with Crippen LogP contribution >= 0.6 is 11.6 Å². The molecule has 0 saturated heterocycles. The zero-order valence-electron chi connectivity index (χ0n) is 21.7.